The Kier molecular flexibility index (Phi) is 8.42. The van der Waals surface area contributed by atoms with E-state index in [1.807, 2.05) is 0 Å². The lowest BCUT2D eigenvalue weighted by Gasteiger charge is -2.11. The molecule has 0 heterocycles. The molecule has 0 saturated heterocycles. The van der Waals surface area contributed by atoms with Gasteiger partial charge in [0.2, 0.25) is 0 Å². The van der Waals surface area contributed by atoms with Crippen LogP contribution in [0.5, 0.6) is 5.75 Å². The number of nitrogen functional groups attached to an aromatic ring is 1. The number of ether oxygens (including phenoxy) is 4. The van der Waals surface area contributed by atoms with Crippen LogP contribution in [-0.4, -0.2) is 46.5 Å². The van der Waals surface area contributed by atoms with Crippen molar-refractivity contribution in [3.8, 4) is 5.75 Å². The first-order valence-corrected chi connectivity index (χ1v) is 6.84. The molecule has 0 unspecified atom stereocenters. The first kappa shape index (κ1) is 17.4. The SMILES string of the molecule is COCCCOCCOCc1cc(C(=N)N)ccc1OC. The van der Waals surface area contributed by atoms with Gasteiger partial charge in [-0.25, -0.2) is 0 Å². The average molecular weight is 296 g/mol. The first-order valence-electron chi connectivity index (χ1n) is 6.84. The molecule has 0 bridgehead atoms. The molecule has 6 nitrogen and oxygen atoms in total. The van der Waals surface area contributed by atoms with Crippen LogP contribution in [-0.2, 0) is 20.8 Å². The molecule has 1 aromatic carbocycles. The lowest BCUT2D eigenvalue weighted by molar-refractivity contribution is 0.0331. The highest BCUT2D eigenvalue weighted by Gasteiger charge is 2.06. The fourth-order valence-electron chi connectivity index (χ4n) is 1.77. The second-order valence-corrected chi connectivity index (χ2v) is 4.45. The van der Waals surface area contributed by atoms with Crippen molar-refractivity contribution in [2.24, 2.45) is 5.73 Å². The largest absolute Gasteiger partial charge is 0.496 e. The Balaban J connectivity index is 2.33. The van der Waals surface area contributed by atoms with Crippen LogP contribution in [0.3, 0.4) is 0 Å². The van der Waals surface area contributed by atoms with E-state index in [0.29, 0.717) is 38.6 Å². The molecule has 0 saturated carbocycles. The molecule has 0 amide bonds. The summed E-state index contributed by atoms with van der Waals surface area (Å²) in [7, 11) is 3.27. The van der Waals surface area contributed by atoms with Gasteiger partial charge in [-0.2, -0.15) is 0 Å². The molecule has 1 aromatic rings. The highest BCUT2D eigenvalue weighted by atomic mass is 16.5. The van der Waals surface area contributed by atoms with E-state index in [1.165, 1.54) is 0 Å². The number of hydrogen-bond donors (Lipinski definition) is 2. The molecular weight excluding hydrogens is 272 g/mol. The van der Waals surface area contributed by atoms with Gasteiger partial charge in [-0.15, -0.1) is 0 Å². The highest BCUT2D eigenvalue weighted by Crippen LogP contribution is 2.20. The van der Waals surface area contributed by atoms with Crippen molar-refractivity contribution < 1.29 is 18.9 Å². The number of benzene rings is 1. The van der Waals surface area contributed by atoms with E-state index in [9.17, 15) is 0 Å². The summed E-state index contributed by atoms with van der Waals surface area (Å²) < 4.78 is 21.2. The molecule has 3 N–H and O–H groups in total. The van der Waals surface area contributed by atoms with Crippen LogP contribution < -0.4 is 10.5 Å². The maximum Gasteiger partial charge on any atom is 0.124 e. The maximum absolute atomic E-state index is 7.45. The van der Waals surface area contributed by atoms with Crippen molar-refractivity contribution in [1.82, 2.24) is 0 Å². The zero-order valence-corrected chi connectivity index (χ0v) is 12.7. The third-order valence-electron chi connectivity index (χ3n) is 2.86. The fraction of sp³-hybridized carbons (Fsp3) is 0.533. The Morgan fingerprint density at radius 1 is 1.10 bits per heavy atom. The highest BCUT2D eigenvalue weighted by molar-refractivity contribution is 5.95. The van der Waals surface area contributed by atoms with Crippen LogP contribution in [0.15, 0.2) is 18.2 Å². The molecule has 21 heavy (non-hydrogen) atoms. The van der Waals surface area contributed by atoms with E-state index in [2.05, 4.69) is 0 Å². The van der Waals surface area contributed by atoms with Gasteiger partial charge in [0.1, 0.15) is 11.6 Å². The minimum Gasteiger partial charge on any atom is -0.496 e. The van der Waals surface area contributed by atoms with Crippen LogP contribution in [0, 0.1) is 5.41 Å². The molecule has 0 aliphatic heterocycles. The summed E-state index contributed by atoms with van der Waals surface area (Å²) in [6.45, 7) is 2.81. The Bertz CT molecular complexity index is 438. The summed E-state index contributed by atoms with van der Waals surface area (Å²) in [5, 5.41) is 7.45. The monoisotopic (exact) mass is 296 g/mol. The minimum absolute atomic E-state index is 0.0281. The Morgan fingerprint density at radius 3 is 2.52 bits per heavy atom. The molecule has 1 rings (SSSR count). The first-order chi connectivity index (χ1) is 10.2. The average Bonchev–Trinajstić information content (AvgIpc) is 2.49. The molecule has 0 atom stereocenters. The molecule has 0 fully saturated rings. The standard InChI is InChI=1S/C15H24N2O4/c1-18-6-3-7-20-8-9-21-11-13-10-12(15(16)17)4-5-14(13)19-2/h4-5,10H,3,6-9,11H2,1-2H3,(H3,16,17). The Morgan fingerprint density at radius 2 is 1.86 bits per heavy atom. The van der Waals surface area contributed by atoms with E-state index < -0.39 is 0 Å². The van der Waals surface area contributed by atoms with Crippen molar-refractivity contribution in [3.05, 3.63) is 29.3 Å². The molecule has 0 aliphatic carbocycles. The second-order valence-electron chi connectivity index (χ2n) is 4.45. The smallest absolute Gasteiger partial charge is 0.124 e. The zero-order chi connectivity index (χ0) is 15.5. The second kappa shape index (κ2) is 10.1. The Hall–Kier alpha value is -1.63. The van der Waals surface area contributed by atoms with Crippen molar-refractivity contribution in [1.29, 1.82) is 5.41 Å². The minimum atomic E-state index is 0.0281. The van der Waals surface area contributed by atoms with Crippen LogP contribution in [0.4, 0.5) is 0 Å². The predicted octanol–water partition coefficient (Wildman–Crippen LogP) is 1.55. The van der Waals surface area contributed by atoms with Gasteiger partial charge in [-0.1, -0.05) is 0 Å². The van der Waals surface area contributed by atoms with Crippen molar-refractivity contribution in [2.45, 2.75) is 13.0 Å². The van der Waals surface area contributed by atoms with Crippen molar-refractivity contribution in [2.75, 3.05) is 40.6 Å². The Labute approximate surface area is 125 Å². The normalized spacial score (nSPS) is 10.6. The number of amidine groups is 1. The molecular formula is C15H24N2O4. The number of hydrogen-bond acceptors (Lipinski definition) is 5. The lowest BCUT2D eigenvalue weighted by Crippen LogP contribution is -2.12. The van der Waals surface area contributed by atoms with Gasteiger partial charge >= 0.3 is 0 Å². The number of nitrogens with two attached hydrogens (primary N) is 1. The zero-order valence-electron chi connectivity index (χ0n) is 12.7. The number of nitrogens with one attached hydrogen (secondary N) is 1. The third-order valence-corrected chi connectivity index (χ3v) is 2.86. The molecule has 6 heteroatoms. The van der Waals surface area contributed by atoms with Crippen molar-refractivity contribution in [3.63, 3.8) is 0 Å². The summed E-state index contributed by atoms with van der Waals surface area (Å²) in [6.07, 6.45) is 0.880. The number of rotatable bonds is 11. The van der Waals surface area contributed by atoms with Gasteiger partial charge in [0.25, 0.3) is 0 Å². The summed E-state index contributed by atoms with van der Waals surface area (Å²) in [6, 6.07) is 5.35. The van der Waals surface area contributed by atoms with E-state index in [4.69, 9.17) is 30.1 Å². The maximum atomic E-state index is 7.45. The van der Waals surface area contributed by atoms with Gasteiger partial charge in [-0.3, -0.25) is 5.41 Å². The molecule has 0 aromatic heterocycles. The lowest BCUT2D eigenvalue weighted by atomic mass is 10.1. The van der Waals surface area contributed by atoms with Crippen molar-refractivity contribution >= 4 is 5.84 Å². The van der Waals surface area contributed by atoms with Crippen LogP contribution in [0.2, 0.25) is 0 Å². The van der Waals surface area contributed by atoms with Gasteiger partial charge in [0.05, 0.1) is 26.9 Å². The van der Waals surface area contributed by atoms with Gasteiger partial charge < -0.3 is 24.7 Å². The number of methoxy groups -OCH3 is 2. The van der Waals surface area contributed by atoms with E-state index >= 15 is 0 Å². The summed E-state index contributed by atoms with van der Waals surface area (Å²) in [4.78, 5) is 0. The molecule has 0 aliphatic rings. The van der Waals surface area contributed by atoms with Gasteiger partial charge in [0.15, 0.2) is 0 Å². The van der Waals surface area contributed by atoms with E-state index in [1.54, 1.807) is 32.4 Å². The summed E-state index contributed by atoms with van der Waals surface area (Å²) in [5.74, 6) is 0.751. The van der Waals surface area contributed by atoms with E-state index in [-0.39, 0.29) is 5.84 Å². The van der Waals surface area contributed by atoms with Gasteiger partial charge in [0, 0.05) is 31.5 Å². The van der Waals surface area contributed by atoms with Crippen LogP contribution in [0.1, 0.15) is 17.5 Å². The van der Waals surface area contributed by atoms with Crippen LogP contribution in [0.25, 0.3) is 0 Å². The topological polar surface area (TPSA) is 86.8 Å². The molecule has 0 spiro atoms. The summed E-state index contributed by atoms with van der Waals surface area (Å²) >= 11 is 0. The molecule has 118 valence electrons. The quantitative estimate of drug-likeness (QED) is 0.367. The third kappa shape index (κ3) is 6.57. The van der Waals surface area contributed by atoms with Crippen LogP contribution >= 0.6 is 0 Å². The summed E-state index contributed by atoms with van der Waals surface area (Å²) in [5.41, 5.74) is 7.00. The predicted molar refractivity (Wildman–Crippen MR) is 81.0 cm³/mol. The molecule has 0 radical (unpaired) electrons. The van der Waals surface area contributed by atoms with E-state index in [0.717, 1.165) is 17.7 Å². The van der Waals surface area contributed by atoms with Gasteiger partial charge in [-0.05, 0) is 24.6 Å². The fourth-order valence-corrected chi connectivity index (χ4v) is 1.77.